The van der Waals surface area contributed by atoms with Gasteiger partial charge in [-0.25, -0.2) is 8.42 Å². The van der Waals surface area contributed by atoms with Crippen molar-refractivity contribution in [2.24, 2.45) is 11.7 Å². The summed E-state index contributed by atoms with van der Waals surface area (Å²) in [5.74, 6) is 0.0810. The fraction of sp³-hybridized carbons (Fsp3) is 0.500. The van der Waals surface area contributed by atoms with Gasteiger partial charge < -0.3 is 11.1 Å². The smallest absolute Gasteiger partial charge is 0.252 e. The van der Waals surface area contributed by atoms with Crippen LogP contribution in [0, 0.1) is 5.92 Å². The molecule has 0 aliphatic heterocycles. The normalized spacial score (nSPS) is 16.7. The fourth-order valence-electron chi connectivity index (χ4n) is 2.08. The van der Waals surface area contributed by atoms with E-state index in [-0.39, 0.29) is 28.2 Å². The van der Waals surface area contributed by atoms with E-state index in [4.69, 9.17) is 5.73 Å². The van der Waals surface area contributed by atoms with E-state index in [1.165, 1.54) is 12.1 Å². The summed E-state index contributed by atoms with van der Waals surface area (Å²) >= 11 is 0. The van der Waals surface area contributed by atoms with Gasteiger partial charge in [-0.15, -0.1) is 0 Å². The maximum Gasteiger partial charge on any atom is 0.252 e. The lowest BCUT2D eigenvalue weighted by Gasteiger charge is -2.13. The third-order valence-corrected chi connectivity index (χ3v) is 5.36. The van der Waals surface area contributed by atoms with Crippen LogP contribution in [0.4, 0.5) is 0 Å². The Bertz CT molecular complexity index is 594. The van der Waals surface area contributed by atoms with Crippen LogP contribution in [0.5, 0.6) is 0 Å². The molecule has 0 bridgehead atoms. The van der Waals surface area contributed by atoms with Crippen molar-refractivity contribution in [2.45, 2.75) is 30.7 Å². The molecule has 1 atom stereocenters. The molecule has 1 amide bonds. The first-order valence-electron chi connectivity index (χ1n) is 6.81. The Hall–Kier alpha value is -1.40. The molecular formula is C14H20N2O3S. The van der Waals surface area contributed by atoms with Crippen molar-refractivity contribution >= 4 is 15.7 Å². The highest BCUT2D eigenvalue weighted by molar-refractivity contribution is 7.91. The van der Waals surface area contributed by atoms with Gasteiger partial charge in [0.05, 0.1) is 16.2 Å². The lowest BCUT2D eigenvalue weighted by molar-refractivity contribution is 0.0947. The second-order valence-corrected chi connectivity index (χ2v) is 7.36. The molecule has 1 aromatic carbocycles. The molecule has 0 heterocycles. The van der Waals surface area contributed by atoms with Crippen LogP contribution in [0.25, 0.3) is 0 Å². The van der Waals surface area contributed by atoms with Crippen molar-refractivity contribution in [1.29, 1.82) is 0 Å². The van der Waals surface area contributed by atoms with E-state index in [1.54, 1.807) is 19.1 Å². The van der Waals surface area contributed by atoms with Gasteiger partial charge in [0.1, 0.15) is 0 Å². The molecule has 1 saturated carbocycles. The van der Waals surface area contributed by atoms with Crippen molar-refractivity contribution in [3.8, 4) is 0 Å². The Balaban J connectivity index is 2.13. The Kier molecular flexibility index (Phi) is 4.45. The van der Waals surface area contributed by atoms with Gasteiger partial charge in [0, 0.05) is 12.6 Å². The number of nitrogens with one attached hydrogen (secondary N) is 1. The van der Waals surface area contributed by atoms with Crippen molar-refractivity contribution in [3.63, 3.8) is 0 Å². The number of nitrogens with two attached hydrogens (primary N) is 1. The van der Waals surface area contributed by atoms with Gasteiger partial charge in [-0.05, 0) is 30.9 Å². The maximum absolute atomic E-state index is 12.1. The summed E-state index contributed by atoms with van der Waals surface area (Å²) in [5.41, 5.74) is 6.11. The minimum atomic E-state index is -3.41. The molecule has 1 fully saturated rings. The quantitative estimate of drug-likeness (QED) is 0.818. The molecule has 0 spiro atoms. The number of amides is 1. The van der Waals surface area contributed by atoms with Gasteiger partial charge in [-0.1, -0.05) is 19.1 Å². The van der Waals surface area contributed by atoms with Crippen molar-refractivity contribution in [2.75, 3.05) is 12.3 Å². The zero-order chi connectivity index (χ0) is 14.8. The number of carbonyl (C=O) groups excluding carboxylic acids is 1. The van der Waals surface area contributed by atoms with Crippen LogP contribution < -0.4 is 11.1 Å². The lowest BCUT2D eigenvalue weighted by atomic mass is 10.2. The highest BCUT2D eigenvalue weighted by atomic mass is 32.2. The van der Waals surface area contributed by atoms with Crippen LogP contribution in [0.15, 0.2) is 29.2 Å². The average Bonchev–Trinajstić information content (AvgIpc) is 3.29. The second-order valence-electron chi connectivity index (χ2n) is 5.11. The summed E-state index contributed by atoms with van der Waals surface area (Å²) in [5, 5.41) is 2.73. The Labute approximate surface area is 119 Å². The number of hydrogen-bond donors (Lipinski definition) is 2. The molecule has 0 saturated heterocycles. The maximum atomic E-state index is 12.1. The lowest BCUT2D eigenvalue weighted by Crippen LogP contribution is -2.39. The summed E-state index contributed by atoms with van der Waals surface area (Å²) in [6, 6.07) is 6.23. The van der Waals surface area contributed by atoms with Crippen LogP contribution in [-0.2, 0) is 9.84 Å². The minimum Gasteiger partial charge on any atom is -0.350 e. The van der Waals surface area contributed by atoms with Gasteiger partial charge in [0.2, 0.25) is 0 Å². The van der Waals surface area contributed by atoms with Crippen molar-refractivity contribution in [3.05, 3.63) is 29.8 Å². The predicted octanol–water partition coefficient (Wildman–Crippen LogP) is 0.947. The Morgan fingerprint density at radius 3 is 2.65 bits per heavy atom. The van der Waals surface area contributed by atoms with Crippen LogP contribution >= 0.6 is 0 Å². The molecule has 110 valence electrons. The van der Waals surface area contributed by atoms with E-state index < -0.39 is 9.84 Å². The first-order valence-corrected chi connectivity index (χ1v) is 8.46. The van der Waals surface area contributed by atoms with Gasteiger partial charge in [0.25, 0.3) is 5.91 Å². The Morgan fingerprint density at radius 1 is 1.40 bits per heavy atom. The molecule has 6 heteroatoms. The Morgan fingerprint density at radius 2 is 2.05 bits per heavy atom. The molecule has 1 aromatic rings. The van der Waals surface area contributed by atoms with Crippen LogP contribution in [0.1, 0.15) is 30.1 Å². The zero-order valence-electron chi connectivity index (χ0n) is 11.5. The SMILES string of the molecule is CCS(=O)(=O)c1ccccc1C(=O)NCC(N)C1CC1. The molecule has 1 aliphatic carbocycles. The molecule has 0 aromatic heterocycles. The molecule has 1 unspecified atom stereocenters. The van der Waals surface area contributed by atoms with Gasteiger partial charge in [-0.3, -0.25) is 4.79 Å². The first-order chi connectivity index (χ1) is 9.45. The van der Waals surface area contributed by atoms with E-state index in [2.05, 4.69) is 5.32 Å². The zero-order valence-corrected chi connectivity index (χ0v) is 12.3. The van der Waals surface area contributed by atoms with Crippen LogP contribution in [-0.4, -0.2) is 32.7 Å². The summed E-state index contributed by atoms with van der Waals surface area (Å²) in [6.07, 6.45) is 2.22. The number of benzene rings is 1. The number of carbonyl (C=O) groups is 1. The molecule has 5 nitrogen and oxygen atoms in total. The molecule has 1 aliphatic rings. The molecule has 2 rings (SSSR count). The summed E-state index contributed by atoms with van der Waals surface area (Å²) in [7, 11) is -3.41. The average molecular weight is 296 g/mol. The topological polar surface area (TPSA) is 89.3 Å². The van der Waals surface area contributed by atoms with E-state index in [9.17, 15) is 13.2 Å². The van der Waals surface area contributed by atoms with Gasteiger partial charge >= 0.3 is 0 Å². The third-order valence-electron chi connectivity index (χ3n) is 3.57. The highest BCUT2D eigenvalue weighted by Gasteiger charge is 2.29. The number of rotatable bonds is 6. The second kappa shape index (κ2) is 5.93. The van der Waals surface area contributed by atoms with E-state index in [0.29, 0.717) is 12.5 Å². The predicted molar refractivity (Wildman–Crippen MR) is 77.2 cm³/mol. The van der Waals surface area contributed by atoms with E-state index in [1.807, 2.05) is 0 Å². The summed E-state index contributed by atoms with van der Waals surface area (Å²) in [6.45, 7) is 1.94. The molecule has 3 N–H and O–H groups in total. The van der Waals surface area contributed by atoms with E-state index in [0.717, 1.165) is 12.8 Å². The fourth-order valence-corrected chi connectivity index (χ4v) is 3.17. The molecule has 20 heavy (non-hydrogen) atoms. The summed E-state index contributed by atoms with van der Waals surface area (Å²) in [4.78, 5) is 12.2. The minimum absolute atomic E-state index is 0.0289. The van der Waals surface area contributed by atoms with Gasteiger partial charge in [-0.2, -0.15) is 0 Å². The highest BCUT2D eigenvalue weighted by Crippen LogP contribution is 2.31. The van der Waals surface area contributed by atoms with E-state index >= 15 is 0 Å². The monoisotopic (exact) mass is 296 g/mol. The van der Waals surface area contributed by atoms with Crippen LogP contribution in [0.3, 0.4) is 0 Å². The third kappa shape index (κ3) is 3.37. The molecular weight excluding hydrogens is 276 g/mol. The van der Waals surface area contributed by atoms with Crippen LogP contribution in [0.2, 0.25) is 0 Å². The van der Waals surface area contributed by atoms with Gasteiger partial charge in [0.15, 0.2) is 9.84 Å². The standard InChI is InChI=1S/C14H20N2O3S/c1-2-20(18,19)13-6-4-3-5-11(13)14(17)16-9-12(15)10-7-8-10/h3-6,10,12H,2,7-9,15H2,1H3,(H,16,17). The number of sulfone groups is 1. The van der Waals surface area contributed by atoms with Crippen molar-refractivity contribution in [1.82, 2.24) is 5.32 Å². The largest absolute Gasteiger partial charge is 0.350 e. The number of hydrogen-bond acceptors (Lipinski definition) is 4. The van der Waals surface area contributed by atoms with Crippen molar-refractivity contribution < 1.29 is 13.2 Å². The molecule has 0 radical (unpaired) electrons. The summed E-state index contributed by atoms with van der Waals surface area (Å²) < 4.78 is 24.0. The first kappa shape index (κ1) is 15.0.